The van der Waals surface area contributed by atoms with Crippen molar-refractivity contribution in [1.29, 1.82) is 0 Å². The van der Waals surface area contributed by atoms with Crippen LogP contribution in [0.4, 0.5) is 0 Å². The van der Waals surface area contributed by atoms with Gasteiger partial charge in [-0.25, -0.2) is 9.67 Å². The number of halogens is 1. The van der Waals surface area contributed by atoms with E-state index in [0.29, 0.717) is 21.7 Å². The van der Waals surface area contributed by atoms with E-state index in [0.717, 1.165) is 17.6 Å². The molecule has 4 rings (SSSR count). The monoisotopic (exact) mass is 400 g/mol. The first-order valence-corrected chi connectivity index (χ1v) is 9.08. The molecule has 0 spiro atoms. The molecule has 0 saturated heterocycles. The van der Waals surface area contributed by atoms with Crippen LogP contribution in [-0.2, 0) is 6.54 Å². The highest BCUT2D eigenvalue weighted by Gasteiger charge is 2.21. The molecule has 0 unspecified atom stereocenters. The van der Waals surface area contributed by atoms with Gasteiger partial charge in [0.25, 0.3) is 0 Å². The van der Waals surface area contributed by atoms with Crippen molar-refractivity contribution in [2.75, 3.05) is 0 Å². The largest absolute Gasteiger partial charge is 0.437 e. The first kappa shape index (κ1) is 16.2. The van der Waals surface area contributed by atoms with E-state index in [2.05, 4.69) is 31.2 Å². The Labute approximate surface area is 153 Å². The topological polar surface area (TPSA) is 69.9 Å². The van der Waals surface area contributed by atoms with Gasteiger partial charge in [0.2, 0.25) is 5.88 Å². The summed E-state index contributed by atoms with van der Waals surface area (Å²) in [7, 11) is 0. The number of benzene rings is 1. The molecule has 1 aliphatic rings. The van der Waals surface area contributed by atoms with E-state index in [1.165, 1.54) is 26.2 Å². The summed E-state index contributed by atoms with van der Waals surface area (Å²) in [4.78, 5) is 15.9. The molecule has 0 amide bonds. The fourth-order valence-electron chi connectivity index (χ4n) is 2.96. The Morgan fingerprint density at radius 3 is 2.92 bits per heavy atom. The summed E-state index contributed by atoms with van der Waals surface area (Å²) in [5.41, 5.74) is 2.17. The third kappa shape index (κ3) is 3.04. The lowest BCUT2D eigenvalue weighted by Gasteiger charge is -2.24. The summed E-state index contributed by atoms with van der Waals surface area (Å²) >= 11 is 3.56. The van der Waals surface area contributed by atoms with Crippen molar-refractivity contribution < 1.29 is 9.53 Å². The van der Waals surface area contributed by atoms with Crippen molar-refractivity contribution in [1.82, 2.24) is 20.0 Å². The number of carbonyl (C=O) groups excluding carboxylic acids is 1. The number of fused-ring (bicyclic) bond motifs is 1. The van der Waals surface area contributed by atoms with Crippen LogP contribution in [0.5, 0.6) is 11.6 Å². The molecule has 0 bridgehead atoms. The van der Waals surface area contributed by atoms with Gasteiger partial charge in [-0.3, -0.25) is 4.79 Å². The first-order valence-electron chi connectivity index (χ1n) is 8.29. The van der Waals surface area contributed by atoms with E-state index < -0.39 is 0 Å². The quantitative estimate of drug-likeness (QED) is 0.594. The average molecular weight is 401 g/mol. The lowest BCUT2D eigenvalue weighted by Crippen LogP contribution is -2.18. The lowest BCUT2D eigenvalue weighted by molar-refractivity contribution is 0.101. The van der Waals surface area contributed by atoms with Crippen LogP contribution in [0, 0.1) is 5.92 Å². The number of hydrogen-bond donors (Lipinski definition) is 0. The van der Waals surface area contributed by atoms with Gasteiger partial charge < -0.3 is 4.74 Å². The minimum absolute atomic E-state index is 0.0910. The van der Waals surface area contributed by atoms with Crippen LogP contribution < -0.4 is 4.74 Å². The highest BCUT2D eigenvalue weighted by atomic mass is 79.9. The number of carbonyl (C=O) groups is 1. The maximum Gasteiger partial charge on any atom is 0.230 e. The predicted octanol–water partition coefficient (Wildman–Crippen LogP) is 4.38. The van der Waals surface area contributed by atoms with Gasteiger partial charge in [0, 0.05) is 12.7 Å². The fraction of sp³-hybridized carbons (Fsp3) is 0.333. The van der Waals surface area contributed by atoms with Gasteiger partial charge in [0.1, 0.15) is 11.3 Å². The smallest absolute Gasteiger partial charge is 0.230 e. The molecular formula is C18H17BrN4O2. The molecule has 2 heterocycles. The van der Waals surface area contributed by atoms with Crippen molar-refractivity contribution in [2.45, 2.75) is 32.7 Å². The molecule has 128 valence electrons. The first-order chi connectivity index (χ1) is 12.1. The zero-order valence-electron chi connectivity index (χ0n) is 13.8. The molecule has 0 atom stereocenters. The van der Waals surface area contributed by atoms with Gasteiger partial charge in [-0.05, 0) is 65.9 Å². The Hall–Kier alpha value is -2.28. The molecule has 7 heteroatoms. The standard InChI is InChI=1S/C18H17BrN4O2/c1-11(24)13-6-3-9-20-18(13)25-15-8-7-14-17(16(15)19)21-22-23(14)10-12-4-2-5-12/h3,6-9,12H,2,4-5,10H2,1H3. The SMILES string of the molecule is CC(=O)c1cccnc1Oc1ccc2c(nnn2CC2CCC2)c1Br. The maximum atomic E-state index is 11.7. The van der Waals surface area contributed by atoms with Crippen molar-refractivity contribution >= 4 is 32.7 Å². The second kappa shape index (κ2) is 6.55. The lowest BCUT2D eigenvalue weighted by atomic mass is 9.85. The third-order valence-electron chi connectivity index (χ3n) is 4.60. The van der Waals surface area contributed by atoms with Crippen LogP contribution in [0.3, 0.4) is 0 Å². The number of aromatic nitrogens is 4. The van der Waals surface area contributed by atoms with E-state index in [1.807, 2.05) is 16.8 Å². The zero-order chi connectivity index (χ0) is 17.4. The summed E-state index contributed by atoms with van der Waals surface area (Å²) in [6.45, 7) is 2.39. The number of ketones is 1. The van der Waals surface area contributed by atoms with Crippen LogP contribution in [0.2, 0.25) is 0 Å². The van der Waals surface area contributed by atoms with E-state index >= 15 is 0 Å². The molecule has 0 aliphatic heterocycles. The van der Waals surface area contributed by atoms with Crippen LogP contribution in [0.15, 0.2) is 34.9 Å². The molecule has 25 heavy (non-hydrogen) atoms. The molecule has 0 radical (unpaired) electrons. The molecule has 1 saturated carbocycles. The Morgan fingerprint density at radius 2 is 2.20 bits per heavy atom. The molecule has 0 N–H and O–H groups in total. The zero-order valence-corrected chi connectivity index (χ0v) is 15.4. The maximum absolute atomic E-state index is 11.7. The number of Topliss-reactive ketones (excluding diaryl/α,β-unsaturated/α-hetero) is 1. The Bertz CT molecular complexity index is 949. The van der Waals surface area contributed by atoms with E-state index in [9.17, 15) is 4.79 Å². The summed E-state index contributed by atoms with van der Waals surface area (Å²) in [6.07, 6.45) is 5.43. The predicted molar refractivity (Wildman–Crippen MR) is 96.9 cm³/mol. The minimum Gasteiger partial charge on any atom is -0.437 e. The van der Waals surface area contributed by atoms with Crippen molar-refractivity contribution in [2.24, 2.45) is 5.92 Å². The van der Waals surface area contributed by atoms with E-state index in [-0.39, 0.29) is 11.7 Å². The fourth-order valence-corrected chi connectivity index (χ4v) is 3.46. The van der Waals surface area contributed by atoms with Crippen molar-refractivity contribution in [3.63, 3.8) is 0 Å². The molecule has 1 fully saturated rings. The summed E-state index contributed by atoms with van der Waals surface area (Å²) in [5.74, 6) is 1.46. The summed E-state index contributed by atoms with van der Waals surface area (Å²) in [5, 5.41) is 8.57. The minimum atomic E-state index is -0.0910. The van der Waals surface area contributed by atoms with Crippen LogP contribution in [0.25, 0.3) is 11.0 Å². The third-order valence-corrected chi connectivity index (χ3v) is 5.37. The molecule has 3 aromatic rings. The molecule has 1 aromatic carbocycles. The van der Waals surface area contributed by atoms with Gasteiger partial charge >= 0.3 is 0 Å². The van der Waals surface area contributed by atoms with Gasteiger partial charge in [-0.1, -0.05) is 11.6 Å². The van der Waals surface area contributed by atoms with Crippen LogP contribution in [-0.4, -0.2) is 25.8 Å². The average Bonchev–Trinajstić information content (AvgIpc) is 2.97. The highest BCUT2D eigenvalue weighted by molar-refractivity contribution is 9.10. The second-order valence-electron chi connectivity index (χ2n) is 6.33. The second-order valence-corrected chi connectivity index (χ2v) is 7.12. The summed E-state index contributed by atoms with van der Waals surface area (Å²) < 4.78 is 8.54. The van der Waals surface area contributed by atoms with Gasteiger partial charge in [0.15, 0.2) is 5.78 Å². The normalized spacial score (nSPS) is 14.5. The highest BCUT2D eigenvalue weighted by Crippen LogP contribution is 2.36. The summed E-state index contributed by atoms with van der Waals surface area (Å²) in [6, 6.07) is 7.22. The molecular weight excluding hydrogens is 384 g/mol. The Balaban J connectivity index is 1.67. The van der Waals surface area contributed by atoms with Crippen molar-refractivity contribution in [3.8, 4) is 11.6 Å². The number of nitrogens with zero attached hydrogens (tertiary/aromatic N) is 4. The van der Waals surface area contributed by atoms with E-state index in [1.54, 1.807) is 18.3 Å². The van der Waals surface area contributed by atoms with E-state index in [4.69, 9.17) is 4.74 Å². The van der Waals surface area contributed by atoms with Crippen LogP contribution in [0.1, 0.15) is 36.5 Å². The number of hydrogen-bond acceptors (Lipinski definition) is 5. The molecule has 1 aliphatic carbocycles. The van der Waals surface area contributed by atoms with Gasteiger partial charge in [-0.15, -0.1) is 5.10 Å². The van der Waals surface area contributed by atoms with Crippen LogP contribution >= 0.6 is 15.9 Å². The Kier molecular flexibility index (Phi) is 4.25. The van der Waals surface area contributed by atoms with Gasteiger partial charge in [-0.2, -0.15) is 0 Å². The molecule has 6 nitrogen and oxygen atoms in total. The molecule has 2 aromatic heterocycles. The number of ether oxygens (including phenoxy) is 1. The van der Waals surface area contributed by atoms with Crippen molar-refractivity contribution in [3.05, 3.63) is 40.5 Å². The van der Waals surface area contributed by atoms with Gasteiger partial charge in [0.05, 0.1) is 15.6 Å². The Morgan fingerprint density at radius 1 is 1.36 bits per heavy atom. The number of rotatable bonds is 5. The number of pyridine rings is 1.